The van der Waals surface area contributed by atoms with Gasteiger partial charge < -0.3 is 25.3 Å². The lowest BCUT2D eigenvalue weighted by molar-refractivity contribution is 0.287. The molecule has 2 aromatic rings. The topological polar surface area (TPSA) is 78.1 Å². The fourth-order valence-corrected chi connectivity index (χ4v) is 2.74. The number of guanidine groups is 1. The molecule has 160 valence electrons. The van der Waals surface area contributed by atoms with Gasteiger partial charge in [0.05, 0.1) is 20.3 Å². The third kappa shape index (κ3) is 8.81. The van der Waals surface area contributed by atoms with E-state index >= 15 is 0 Å². The molecule has 0 bridgehead atoms. The molecule has 0 aliphatic carbocycles. The zero-order chi connectivity index (χ0) is 20.2. The van der Waals surface area contributed by atoms with Gasteiger partial charge in [-0.25, -0.2) is 0 Å². The summed E-state index contributed by atoms with van der Waals surface area (Å²) < 4.78 is 16.4. The van der Waals surface area contributed by atoms with Crippen LogP contribution in [0.2, 0.25) is 0 Å². The van der Waals surface area contributed by atoms with Crippen molar-refractivity contribution in [1.29, 1.82) is 0 Å². The second-order valence-electron chi connectivity index (χ2n) is 6.19. The van der Waals surface area contributed by atoms with Crippen molar-refractivity contribution in [2.45, 2.75) is 26.7 Å². The van der Waals surface area contributed by atoms with Gasteiger partial charge in [0.1, 0.15) is 5.75 Å². The standard InChI is InChI=1S/C22H31N3O3.HI/c1-4-27-20-11-8-18(16-21(20)28-5-2)13-15-25-22(23)24-14-12-17-6-9-19(26-3)10-7-17;/h6-11,16H,4-5,12-15H2,1-3H3,(H3,23,24,25);1H. The maximum absolute atomic E-state index is 5.96. The summed E-state index contributed by atoms with van der Waals surface area (Å²) in [5.41, 5.74) is 8.32. The summed E-state index contributed by atoms with van der Waals surface area (Å²) in [6, 6.07) is 14.0. The van der Waals surface area contributed by atoms with Gasteiger partial charge >= 0.3 is 0 Å². The Morgan fingerprint density at radius 3 is 2.24 bits per heavy atom. The SMILES string of the molecule is CCOc1ccc(CCNC(N)=NCCc2ccc(OC)cc2)cc1OCC.I. The summed E-state index contributed by atoms with van der Waals surface area (Å²) >= 11 is 0. The first-order chi connectivity index (χ1) is 13.7. The van der Waals surface area contributed by atoms with Crippen LogP contribution in [0.15, 0.2) is 47.5 Å². The first kappa shape index (κ1) is 24.9. The van der Waals surface area contributed by atoms with Crippen LogP contribution in [-0.4, -0.2) is 39.4 Å². The van der Waals surface area contributed by atoms with Crippen LogP contribution in [0.3, 0.4) is 0 Å². The highest BCUT2D eigenvalue weighted by atomic mass is 127. The molecule has 3 N–H and O–H groups in total. The summed E-state index contributed by atoms with van der Waals surface area (Å²) in [6.45, 7) is 6.50. The van der Waals surface area contributed by atoms with E-state index in [-0.39, 0.29) is 24.0 Å². The van der Waals surface area contributed by atoms with Crippen LogP contribution in [0.1, 0.15) is 25.0 Å². The summed E-state index contributed by atoms with van der Waals surface area (Å²) in [7, 11) is 1.66. The molecule has 0 amide bonds. The lowest BCUT2D eigenvalue weighted by Gasteiger charge is -2.12. The van der Waals surface area contributed by atoms with Crippen LogP contribution in [0.4, 0.5) is 0 Å². The number of ether oxygens (including phenoxy) is 3. The molecule has 0 saturated heterocycles. The number of nitrogens with zero attached hydrogens (tertiary/aromatic N) is 1. The van der Waals surface area contributed by atoms with E-state index < -0.39 is 0 Å². The van der Waals surface area contributed by atoms with Gasteiger partial charge in [-0.3, -0.25) is 4.99 Å². The molecule has 0 atom stereocenters. The molecule has 7 heteroatoms. The molecule has 0 unspecified atom stereocenters. The van der Waals surface area contributed by atoms with Crippen LogP contribution in [0.25, 0.3) is 0 Å². The molecule has 0 aliphatic rings. The van der Waals surface area contributed by atoms with E-state index in [4.69, 9.17) is 19.9 Å². The third-order valence-corrected chi connectivity index (χ3v) is 4.17. The number of halogens is 1. The molecule has 29 heavy (non-hydrogen) atoms. The molecule has 0 aromatic heterocycles. The molecular formula is C22H32IN3O3. The quantitative estimate of drug-likeness (QED) is 0.272. The minimum Gasteiger partial charge on any atom is -0.497 e. The Labute approximate surface area is 190 Å². The Morgan fingerprint density at radius 2 is 1.59 bits per heavy atom. The average molecular weight is 513 g/mol. The van der Waals surface area contributed by atoms with Crippen molar-refractivity contribution in [3.63, 3.8) is 0 Å². The number of hydrogen-bond acceptors (Lipinski definition) is 4. The Balaban J connectivity index is 0.00000420. The maximum Gasteiger partial charge on any atom is 0.188 e. The van der Waals surface area contributed by atoms with Crippen molar-refractivity contribution in [3.05, 3.63) is 53.6 Å². The number of methoxy groups -OCH3 is 1. The minimum absolute atomic E-state index is 0. The summed E-state index contributed by atoms with van der Waals surface area (Å²) in [5, 5.41) is 3.16. The van der Waals surface area contributed by atoms with Gasteiger partial charge in [0, 0.05) is 13.1 Å². The molecule has 0 radical (unpaired) electrons. The predicted octanol–water partition coefficient (Wildman–Crippen LogP) is 3.80. The lowest BCUT2D eigenvalue weighted by atomic mass is 10.1. The van der Waals surface area contributed by atoms with E-state index in [2.05, 4.69) is 10.3 Å². The lowest BCUT2D eigenvalue weighted by Crippen LogP contribution is -2.33. The highest BCUT2D eigenvalue weighted by Crippen LogP contribution is 2.28. The molecule has 0 saturated carbocycles. The van der Waals surface area contributed by atoms with Gasteiger partial charge in [-0.05, 0) is 62.1 Å². The minimum atomic E-state index is 0. The van der Waals surface area contributed by atoms with Gasteiger partial charge in [-0.15, -0.1) is 24.0 Å². The van der Waals surface area contributed by atoms with E-state index in [1.165, 1.54) is 5.56 Å². The van der Waals surface area contributed by atoms with E-state index in [0.717, 1.165) is 35.7 Å². The van der Waals surface area contributed by atoms with Crippen molar-refractivity contribution in [1.82, 2.24) is 5.32 Å². The number of aliphatic imine (C=N–C) groups is 1. The normalized spacial score (nSPS) is 10.8. The second kappa shape index (κ2) is 13.9. The molecular weight excluding hydrogens is 481 g/mol. The summed E-state index contributed by atoms with van der Waals surface area (Å²) in [5.74, 6) is 2.88. The monoisotopic (exact) mass is 513 g/mol. The first-order valence-corrected chi connectivity index (χ1v) is 9.71. The Bertz CT molecular complexity index is 751. The van der Waals surface area contributed by atoms with Gasteiger partial charge in [0.15, 0.2) is 17.5 Å². The fraction of sp³-hybridized carbons (Fsp3) is 0.409. The van der Waals surface area contributed by atoms with Crippen molar-refractivity contribution in [2.24, 2.45) is 10.7 Å². The van der Waals surface area contributed by atoms with E-state index in [0.29, 0.717) is 32.3 Å². The van der Waals surface area contributed by atoms with Crippen LogP contribution in [0, 0.1) is 0 Å². The first-order valence-electron chi connectivity index (χ1n) is 9.71. The van der Waals surface area contributed by atoms with Gasteiger partial charge in [-0.1, -0.05) is 18.2 Å². The Morgan fingerprint density at radius 1 is 0.931 bits per heavy atom. The van der Waals surface area contributed by atoms with Gasteiger partial charge in [0.25, 0.3) is 0 Å². The number of hydrogen-bond donors (Lipinski definition) is 2. The summed E-state index contributed by atoms with van der Waals surface area (Å²) in [6.07, 6.45) is 1.66. The van der Waals surface area contributed by atoms with E-state index in [1.807, 2.05) is 56.3 Å². The number of nitrogens with one attached hydrogen (secondary N) is 1. The number of nitrogens with two attached hydrogens (primary N) is 1. The Hall–Kier alpha value is -2.16. The summed E-state index contributed by atoms with van der Waals surface area (Å²) in [4.78, 5) is 4.39. The van der Waals surface area contributed by atoms with Crippen molar-refractivity contribution >= 4 is 29.9 Å². The van der Waals surface area contributed by atoms with Crippen LogP contribution >= 0.6 is 24.0 Å². The van der Waals surface area contributed by atoms with Crippen molar-refractivity contribution in [2.75, 3.05) is 33.4 Å². The maximum atomic E-state index is 5.96. The fourth-order valence-electron chi connectivity index (χ4n) is 2.74. The molecule has 0 spiro atoms. The largest absolute Gasteiger partial charge is 0.497 e. The van der Waals surface area contributed by atoms with Crippen LogP contribution in [-0.2, 0) is 12.8 Å². The Kier molecular flexibility index (Phi) is 11.9. The highest BCUT2D eigenvalue weighted by Gasteiger charge is 2.06. The zero-order valence-electron chi connectivity index (χ0n) is 17.4. The molecule has 0 fully saturated rings. The van der Waals surface area contributed by atoms with Crippen molar-refractivity contribution < 1.29 is 14.2 Å². The molecule has 2 aromatic carbocycles. The van der Waals surface area contributed by atoms with E-state index in [9.17, 15) is 0 Å². The number of benzene rings is 2. The molecule has 0 heterocycles. The van der Waals surface area contributed by atoms with E-state index in [1.54, 1.807) is 7.11 Å². The number of rotatable bonds is 11. The smallest absolute Gasteiger partial charge is 0.188 e. The predicted molar refractivity (Wildman–Crippen MR) is 129 cm³/mol. The second-order valence-corrected chi connectivity index (χ2v) is 6.19. The van der Waals surface area contributed by atoms with Crippen LogP contribution in [0.5, 0.6) is 17.2 Å². The third-order valence-electron chi connectivity index (χ3n) is 4.17. The van der Waals surface area contributed by atoms with Crippen LogP contribution < -0.4 is 25.3 Å². The molecule has 6 nitrogen and oxygen atoms in total. The molecule has 0 aliphatic heterocycles. The van der Waals surface area contributed by atoms with Gasteiger partial charge in [-0.2, -0.15) is 0 Å². The highest BCUT2D eigenvalue weighted by molar-refractivity contribution is 14.0. The molecule has 2 rings (SSSR count). The zero-order valence-corrected chi connectivity index (χ0v) is 19.8. The van der Waals surface area contributed by atoms with Gasteiger partial charge in [0.2, 0.25) is 0 Å². The van der Waals surface area contributed by atoms with Crippen molar-refractivity contribution in [3.8, 4) is 17.2 Å². The average Bonchev–Trinajstić information content (AvgIpc) is 2.71.